The van der Waals surface area contributed by atoms with E-state index in [0.717, 1.165) is 25.9 Å². The Bertz CT molecular complexity index is 291. The molecule has 3 N–H and O–H groups in total. The van der Waals surface area contributed by atoms with Crippen molar-refractivity contribution in [2.45, 2.75) is 18.9 Å². The van der Waals surface area contributed by atoms with Gasteiger partial charge < -0.3 is 10.6 Å². The molecule has 2 rings (SSSR count). The fourth-order valence-corrected chi connectivity index (χ4v) is 1.55. The molecule has 0 saturated carbocycles. The van der Waals surface area contributed by atoms with E-state index in [4.69, 9.17) is 0 Å². The maximum Gasteiger partial charge on any atom is 0.273 e. The maximum atomic E-state index is 11.5. The van der Waals surface area contributed by atoms with Crippen molar-refractivity contribution < 1.29 is 4.79 Å². The van der Waals surface area contributed by atoms with Gasteiger partial charge in [0, 0.05) is 12.6 Å². The summed E-state index contributed by atoms with van der Waals surface area (Å²) >= 11 is 0. The highest BCUT2D eigenvalue weighted by Gasteiger charge is 2.17. The molecule has 1 unspecified atom stereocenters. The summed E-state index contributed by atoms with van der Waals surface area (Å²) in [4.78, 5) is 11.5. The van der Waals surface area contributed by atoms with Crippen molar-refractivity contribution in [2.75, 3.05) is 13.1 Å². The number of nitrogens with one attached hydrogen (secondary N) is 3. The predicted molar refractivity (Wildman–Crippen MR) is 49.7 cm³/mol. The molecule has 0 bridgehead atoms. The van der Waals surface area contributed by atoms with Crippen molar-refractivity contribution in [1.29, 1.82) is 0 Å². The van der Waals surface area contributed by atoms with Crippen LogP contribution in [-0.4, -0.2) is 40.4 Å². The summed E-state index contributed by atoms with van der Waals surface area (Å²) in [6.07, 6.45) is 3.55. The molecular weight excluding hydrogens is 182 g/mol. The standard InChI is InChI=1S/C8H13N5O/c14-8(7-5-10-13-12-7)11-6-2-1-3-9-4-6/h5-6,9H,1-4H2,(H,11,14)(H,10,12,13). The third kappa shape index (κ3) is 2.08. The van der Waals surface area contributed by atoms with Crippen LogP contribution < -0.4 is 10.6 Å². The quantitative estimate of drug-likeness (QED) is 0.582. The van der Waals surface area contributed by atoms with E-state index in [1.807, 2.05) is 0 Å². The lowest BCUT2D eigenvalue weighted by Crippen LogP contribution is -2.45. The number of rotatable bonds is 2. The van der Waals surface area contributed by atoms with E-state index < -0.39 is 0 Å². The molecular formula is C8H13N5O. The van der Waals surface area contributed by atoms with Crippen LogP contribution in [0.5, 0.6) is 0 Å². The van der Waals surface area contributed by atoms with E-state index in [9.17, 15) is 4.79 Å². The Kier molecular flexibility index (Phi) is 2.73. The van der Waals surface area contributed by atoms with Crippen LogP contribution in [0.2, 0.25) is 0 Å². The van der Waals surface area contributed by atoms with Crippen molar-refractivity contribution in [3.8, 4) is 0 Å². The van der Waals surface area contributed by atoms with Crippen molar-refractivity contribution in [3.05, 3.63) is 11.9 Å². The third-order valence-electron chi connectivity index (χ3n) is 2.28. The Balaban J connectivity index is 1.87. The zero-order valence-corrected chi connectivity index (χ0v) is 7.79. The summed E-state index contributed by atoms with van der Waals surface area (Å²) < 4.78 is 0. The number of piperidine rings is 1. The molecule has 1 saturated heterocycles. The van der Waals surface area contributed by atoms with Gasteiger partial charge in [0.1, 0.15) is 0 Å². The van der Waals surface area contributed by atoms with Crippen LogP contribution in [0.15, 0.2) is 6.20 Å². The number of carbonyl (C=O) groups excluding carboxylic acids is 1. The summed E-state index contributed by atoms with van der Waals surface area (Å²) in [7, 11) is 0. The smallest absolute Gasteiger partial charge is 0.273 e. The molecule has 0 aromatic carbocycles. The van der Waals surface area contributed by atoms with Crippen LogP contribution >= 0.6 is 0 Å². The first-order valence-electron chi connectivity index (χ1n) is 4.73. The van der Waals surface area contributed by atoms with Gasteiger partial charge in [0.15, 0.2) is 5.69 Å². The molecule has 1 fully saturated rings. The lowest BCUT2D eigenvalue weighted by atomic mass is 10.1. The number of hydrogen-bond donors (Lipinski definition) is 3. The minimum absolute atomic E-state index is 0.160. The number of hydrogen-bond acceptors (Lipinski definition) is 4. The van der Waals surface area contributed by atoms with Crippen LogP contribution in [0.3, 0.4) is 0 Å². The summed E-state index contributed by atoms with van der Waals surface area (Å²) in [5.41, 5.74) is 0.343. The third-order valence-corrected chi connectivity index (χ3v) is 2.28. The van der Waals surface area contributed by atoms with E-state index in [2.05, 4.69) is 26.0 Å². The molecule has 76 valence electrons. The molecule has 2 heterocycles. The highest BCUT2D eigenvalue weighted by molar-refractivity contribution is 5.92. The minimum atomic E-state index is -0.160. The van der Waals surface area contributed by atoms with E-state index in [0.29, 0.717) is 5.69 Å². The number of nitrogens with zero attached hydrogens (tertiary/aromatic N) is 2. The fraction of sp³-hybridized carbons (Fsp3) is 0.625. The van der Waals surface area contributed by atoms with Crippen LogP contribution in [0.4, 0.5) is 0 Å². The first-order chi connectivity index (χ1) is 6.86. The Hall–Kier alpha value is -1.43. The molecule has 1 aliphatic rings. The highest BCUT2D eigenvalue weighted by Crippen LogP contribution is 2.02. The molecule has 1 aromatic heterocycles. The molecule has 1 amide bonds. The van der Waals surface area contributed by atoms with Crippen LogP contribution in [0, 0.1) is 0 Å². The average Bonchev–Trinajstić information content (AvgIpc) is 2.72. The topological polar surface area (TPSA) is 82.7 Å². The van der Waals surface area contributed by atoms with Gasteiger partial charge >= 0.3 is 0 Å². The van der Waals surface area contributed by atoms with Crippen molar-refractivity contribution in [3.63, 3.8) is 0 Å². The average molecular weight is 195 g/mol. The first kappa shape index (κ1) is 9.14. The van der Waals surface area contributed by atoms with Gasteiger partial charge in [0.05, 0.1) is 6.20 Å². The van der Waals surface area contributed by atoms with Gasteiger partial charge in [0.25, 0.3) is 5.91 Å². The van der Waals surface area contributed by atoms with Gasteiger partial charge in [-0.15, -0.1) is 0 Å². The molecule has 0 radical (unpaired) electrons. The molecule has 6 nitrogen and oxygen atoms in total. The minimum Gasteiger partial charge on any atom is -0.347 e. The van der Waals surface area contributed by atoms with E-state index in [1.165, 1.54) is 6.20 Å². The molecule has 0 spiro atoms. The number of amides is 1. The number of H-pyrrole nitrogens is 1. The zero-order chi connectivity index (χ0) is 9.80. The largest absolute Gasteiger partial charge is 0.347 e. The fourth-order valence-electron chi connectivity index (χ4n) is 1.55. The van der Waals surface area contributed by atoms with E-state index in [-0.39, 0.29) is 11.9 Å². The van der Waals surface area contributed by atoms with Crippen molar-refractivity contribution in [2.24, 2.45) is 0 Å². The van der Waals surface area contributed by atoms with Crippen LogP contribution in [0.25, 0.3) is 0 Å². The second-order valence-electron chi connectivity index (χ2n) is 3.37. The summed E-state index contributed by atoms with van der Waals surface area (Å²) in [5, 5.41) is 15.8. The molecule has 1 atom stereocenters. The summed E-state index contributed by atoms with van der Waals surface area (Å²) in [5.74, 6) is -0.160. The molecule has 14 heavy (non-hydrogen) atoms. The summed E-state index contributed by atoms with van der Waals surface area (Å²) in [6, 6.07) is 0.216. The van der Waals surface area contributed by atoms with Crippen molar-refractivity contribution >= 4 is 5.91 Å². The summed E-state index contributed by atoms with van der Waals surface area (Å²) in [6.45, 7) is 1.87. The van der Waals surface area contributed by atoms with Gasteiger partial charge in [-0.3, -0.25) is 4.79 Å². The lowest BCUT2D eigenvalue weighted by molar-refractivity contribution is 0.0925. The lowest BCUT2D eigenvalue weighted by Gasteiger charge is -2.23. The monoisotopic (exact) mass is 195 g/mol. The van der Waals surface area contributed by atoms with Crippen LogP contribution in [0.1, 0.15) is 23.3 Å². The Morgan fingerprint density at radius 3 is 3.21 bits per heavy atom. The number of aromatic nitrogens is 3. The number of aromatic amines is 1. The van der Waals surface area contributed by atoms with Gasteiger partial charge in [0.2, 0.25) is 0 Å². The Morgan fingerprint density at radius 2 is 2.57 bits per heavy atom. The van der Waals surface area contributed by atoms with Gasteiger partial charge in [-0.2, -0.15) is 15.4 Å². The van der Waals surface area contributed by atoms with Gasteiger partial charge in [-0.05, 0) is 19.4 Å². The van der Waals surface area contributed by atoms with Gasteiger partial charge in [-0.1, -0.05) is 0 Å². The van der Waals surface area contributed by atoms with Crippen LogP contribution in [-0.2, 0) is 0 Å². The SMILES string of the molecule is O=C(NC1CCCNC1)c1cn[nH]n1. The van der Waals surface area contributed by atoms with E-state index in [1.54, 1.807) is 0 Å². The molecule has 6 heteroatoms. The molecule has 1 aromatic rings. The van der Waals surface area contributed by atoms with Crippen molar-refractivity contribution in [1.82, 2.24) is 26.0 Å². The first-order valence-corrected chi connectivity index (χ1v) is 4.73. The van der Waals surface area contributed by atoms with E-state index >= 15 is 0 Å². The highest BCUT2D eigenvalue weighted by atomic mass is 16.2. The zero-order valence-electron chi connectivity index (χ0n) is 7.79. The predicted octanol–water partition coefficient (Wildman–Crippen LogP) is -0.713. The van der Waals surface area contributed by atoms with Gasteiger partial charge in [-0.25, -0.2) is 0 Å². The Labute approximate surface area is 81.5 Å². The second kappa shape index (κ2) is 4.19. The normalized spacial score (nSPS) is 21.9. The molecule has 0 aliphatic carbocycles. The Morgan fingerprint density at radius 1 is 1.64 bits per heavy atom. The maximum absolute atomic E-state index is 11.5. The number of carbonyl (C=O) groups is 1. The molecule has 1 aliphatic heterocycles. The second-order valence-corrected chi connectivity index (χ2v) is 3.37.